The first-order valence-electron chi connectivity index (χ1n) is 5.59. The summed E-state index contributed by atoms with van der Waals surface area (Å²) in [6, 6.07) is 6.30. The fraction of sp³-hybridized carbons (Fsp3) is 0.364. The number of rotatable bonds is 3. The van der Waals surface area contributed by atoms with Crippen molar-refractivity contribution >= 4 is 21.9 Å². The van der Waals surface area contributed by atoms with Crippen LogP contribution in [0.15, 0.2) is 24.3 Å². The Bertz CT molecular complexity index is 539. The Morgan fingerprint density at radius 2 is 2.06 bits per heavy atom. The van der Waals surface area contributed by atoms with Crippen LogP contribution in [0.3, 0.4) is 0 Å². The van der Waals surface area contributed by atoms with Gasteiger partial charge in [-0.15, -0.1) is 0 Å². The van der Waals surface area contributed by atoms with E-state index in [1.165, 1.54) is 4.31 Å². The smallest absolute Gasteiger partial charge is 0.338 e. The molecule has 18 heavy (non-hydrogen) atoms. The number of benzene rings is 1. The van der Waals surface area contributed by atoms with E-state index in [1.54, 1.807) is 31.2 Å². The number of hydrogen-bond donors (Lipinski definition) is 1. The third kappa shape index (κ3) is 2.46. The number of nitrogens with zero attached hydrogens (tertiary/aromatic N) is 1. The average molecular weight is 270 g/mol. The van der Waals surface area contributed by atoms with Crippen molar-refractivity contribution in [1.29, 1.82) is 0 Å². The predicted molar refractivity (Wildman–Crippen MR) is 66.7 cm³/mol. The zero-order valence-electron chi connectivity index (χ0n) is 9.92. The zero-order valence-corrected chi connectivity index (χ0v) is 10.7. The molecule has 1 saturated heterocycles. The molecule has 0 atom stereocenters. The van der Waals surface area contributed by atoms with Crippen LogP contribution >= 0.6 is 0 Å². The van der Waals surface area contributed by atoms with Crippen LogP contribution in [0, 0.1) is 0 Å². The van der Waals surface area contributed by atoms with E-state index in [0.29, 0.717) is 30.9 Å². The maximum absolute atomic E-state index is 11.6. The first kappa shape index (κ1) is 12.8. The van der Waals surface area contributed by atoms with Crippen molar-refractivity contribution in [3.05, 3.63) is 29.8 Å². The molecule has 98 valence electrons. The molecule has 1 aliphatic rings. The predicted octanol–water partition coefficient (Wildman–Crippen LogP) is 0.518. The molecule has 0 bridgehead atoms. The molecule has 0 spiro atoms. The molecule has 7 heteroatoms. The number of esters is 1. The number of hydrogen-bond acceptors (Lipinski definition) is 4. The molecular weight excluding hydrogens is 256 g/mol. The molecule has 6 nitrogen and oxygen atoms in total. The van der Waals surface area contributed by atoms with Crippen LogP contribution in [0.5, 0.6) is 0 Å². The minimum absolute atomic E-state index is 0.311. The van der Waals surface area contributed by atoms with Gasteiger partial charge in [-0.3, -0.25) is 4.31 Å². The minimum atomic E-state index is -3.42. The van der Waals surface area contributed by atoms with Crippen molar-refractivity contribution in [1.82, 2.24) is 4.72 Å². The molecule has 0 saturated carbocycles. The standard InChI is InChI=1S/C11H14N2O4S/c1-2-17-11(14)9-3-5-10(6-4-9)13-8-7-12-18(13,15)16/h3-6,12H,2,7-8H2,1H3. The Labute approximate surface area is 106 Å². The second-order valence-corrected chi connectivity index (χ2v) is 5.42. The molecule has 0 aromatic heterocycles. The van der Waals surface area contributed by atoms with Gasteiger partial charge in [0.05, 0.1) is 17.9 Å². The molecule has 0 aliphatic carbocycles. The highest BCUT2D eigenvalue weighted by Gasteiger charge is 2.27. The van der Waals surface area contributed by atoms with Gasteiger partial charge >= 0.3 is 16.2 Å². The van der Waals surface area contributed by atoms with E-state index in [-0.39, 0.29) is 0 Å². The van der Waals surface area contributed by atoms with Gasteiger partial charge in [0, 0.05) is 13.1 Å². The van der Waals surface area contributed by atoms with Crippen LogP contribution < -0.4 is 9.03 Å². The highest BCUT2D eigenvalue weighted by Crippen LogP contribution is 2.20. The Kier molecular flexibility index (Phi) is 3.53. The minimum Gasteiger partial charge on any atom is -0.462 e. The molecule has 0 amide bonds. The lowest BCUT2D eigenvalue weighted by Crippen LogP contribution is -2.29. The van der Waals surface area contributed by atoms with Gasteiger partial charge in [-0.05, 0) is 31.2 Å². The Morgan fingerprint density at radius 1 is 1.39 bits per heavy atom. The molecular formula is C11H14N2O4S. The largest absolute Gasteiger partial charge is 0.462 e. The third-order valence-electron chi connectivity index (χ3n) is 2.56. The highest BCUT2D eigenvalue weighted by molar-refractivity contribution is 7.91. The fourth-order valence-electron chi connectivity index (χ4n) is 1.72. The average Bonchev–Trinajstić information content (AvgIpc) is 2.69. The van der Waals surface area contributed by atoms with Crippen molar-refractivity contribution < 1.29 is 17.9 Å². The monoisotopic (exact) mass is 270 g/mol. The van der Waals surface area contributed by atoms with Crippen molar-refractivity contribution in [2.24, 2.45) is 0 Å². The summed E-state index contributed by atoms with van der Waals surface area (Å²) in [6.07, 6.45) is 0. The lowest BCUT2D eigenvalue weighted by molar-refractivity contribution is 0.0526. The van der Waals surface area contributed by atoms with E-state index in [1.807, 2.05) is 0 Å². The Balaban J connectivity index is 2.20. The van der Waals surface area contributed by atoms with Crippen LogP contribution in [0.1, 0.15) is 17.3 Å². The lowest BCUT2D eigenvalue weighted by atomic mass is 10.2. The molecule has 1 N–H and O–H groups in total. The highest BCUT2D eigenvalue weighted by atomic mass is 32.2. The summed E-state index contributed by atoms with van der Waals surface area (Å²) in [6.45, 7) is 2.82. The van der Waals surface area contributed by atoms with Gasteiger partial charge in [0.2, 0.25) is 0 Å². The van der Waals surface area contributed by atoms with Gasteiger partial charge in [-0.2, -0.15) is 13.1 Å². The molecule has 0 radical (unpaired) electrons. The number of carbonyl (C=O) groups is 1. The summed E-state index contributed by atoms with van der Waals surface area (Å²) in [5.41, 5.74) is 0.943. The van der Waals surface area contributed by atoms with Gasteiger partial charge in [0.1, 0.15) is 0 Å². The number of ether oxygens (including phenoxy) is 1. The summed E-state index contributed by atoms with van der Waals surface area (Å²) >= 11 is 0. The quantitative estimate of drug-likeness (QED) is 0.812. The number of nitrogens with one attached hydrogen (secondary N) is 1. The number of anilines is 1. The van der Waals surface area contributed by atoms with Gasteiger partial charge in [-0.25, -0.2) is 4.79 Å². The van der Waals surface area contributed by atoms with Gasteiger partial charge in [0.15, 0.2) is 0 Å². The first-order chi connectivity index (χ1) is 8.54. The van der Waals surface area contributed by atoms with Gasteiger partial charge < -0.3 is 4.74 Å². The van der Waals surface area contributed by atoms with Crippen LogP contribution in [-0.4, -0.2) is 34.1 Å². The van der Waals surface area contributed by atoms with E-state index in [4.69, 9.17) is 4.74 Å². The van der Waals surface area contributed by atoms with Crippen molar-refractivity contribution in [3.8, 4) is 0 Å². The molecule has 2 rings (SSSR count). The first-order valence-corrected chi connectivity index (χ1v) is 7.03. The zero-order chi connectivity index (χ0) is 13.2. The normalized spacial score (nSPS) is 17.7. The molecule has 0 unspecified atom stereocenters. The van der Waals surface area contributed by atoms with Crippen LogP contribution in [0.25, 0.3) is 0 Å². The van der Waals surface area contributed by atoms with Gasteiger partial charge in [-0.1, -0.05) is 0 Å². The topological polar surface area (TPSA) is 75.7 Å². The maximum Gasteiger partial charge on any atom is 0.338 e. The van der Waals surface area contributed by atoms with Crippen molar-refractivity contribution in [3.63, 3.8) is 0 Å². The Morgan fingerprint density at radius 3 is 2.56 bits per heavy atom. The van der Waals surface area contributed by atoms with Crippen LogP contribution in [0.2, 0.25) is 0 Å². The van der Waals surface area contributed by atoms with E-state index >= 15 is 0 Å². The third-order valence-corrected chi connectivity index (χ3v) is 4.10. The molecule has 1 aromatic carbocycles. The van der Waals surface area contributed by atoms with Crippen molar-refractivity contribution in [2.45, 2.75) is 6.92 Å². The maximum atomic E-state index is 11.6. The summed E-state index contributed by atoms with van der Waals surface area (Å²) < 4.78 is 31.7. The molecule has 1 heterocycles. The summed E-state index contributed by atoms with van der Waals surface area (Å²) in [4.78, 5) is 11.4. The molecule has 1 fully saturated rings. The van der Waals surface area contributed by atoms with Crippen LogP contribution in [-0.2, 0) is 14.9 Å². The SMILES string of the molecule is CCOC(=O)c1ccc(N2CCNS2(=O)=O)cc1. The van der Waals surface area contributed by atoms with E-state index in [0.717, 1.165) is 0 Å². The Hall–Kier alpha value is -1.60. The summed E-state index contributed by atoms with van der Waals surface area (Å²) in [5, 5.41) is 0. The molecule has 1 aromatic rings. The number of carbonyl (C=O) groups excluding carboxylic acids is 1. The van der Waals surface area contributed by atoms with Crippen LogP contribution in [0.4, 0.5) is 5.69 Å². The van der Waals surface area contributed by atoms with E-state index in [9.17, 15) is 13.2 Å². The van der Waals surface area contributed by atoms with E-state index in [2.05, 4.69) is 4.72 Å². The fourth-order valence-corrected chi connectivity index (χ4v) is 2.96. The second-order valence-electron chi connectivity index (χ2n) is 3.74. The summed E-state index contributed by atoms with van der Waals surface area (Å²) in [5.74, 6) is -0.411. The second kappa shape index (κ2) is 4.95. The molecule has 1 aliphatic heterocycles. The van der Waals surface area contributed by atoms with Crippen molar-refractivity contribution in [2.75, 3.05) is 24.0 Å². The lowest BCUT2D eigenvalue weighted by Gasteiger charge is -2.15. The van der Waals surface area contributed by atoms with E-state index < -0.39 is 16.2 Å². The van der Waals surface area contributed by atoms with Gasteiger partial charge in [0.25, 0.3) is 0 Å². The summed E-state index contributed by atoms with van der Waals surface area (Å²) in [7, 11) is -3.42.